The molecule has 1 aromatic heterocycles. The van der Waals surface area contributed by atoms with Crippen molar-refractivity contribution in [2.24, 2.45) is 0 Å². The van der Waals surface area contributed by atoms with Crippen LogP contribution in [0.25, 0.3) is 0 Å². The molecule has 0 saturated heterocycles. The summed E-state index contributed by atoms with van der Waals surface area (Å²) in [6.45, 7) is 1.53. The third-order valence-electron chi connectivity index (χ3n) is 1.41. The van der Waals surface area contributed by atoms with Crippen LogP contribution >= 0.6 is 11.6 Å². The number of anilines is 1. The van der Waals surface area contributed by atoms with E-state index < -0.39 is 6.43 Å². The Labute approximate surface area is 73.4 Å². The molecule has 0 unspecified atom stereocenters. The maximum atomic E-state index is 12.2. The lowest BCUT2D eigenvalue weighted by molar-refractivity contribution is 0.151. The average molecular weight is 193 g/mol. The Hall–Kier alpha value is -0.900. The predicted molar refractivity (Wildman–Crippen MR) is 43.4 cm³/mol. The number of aryl methyl sites for hydroxylation is 1. The SMILES string of the molecule is Cc1nc(N)cc(C(F)F)c1Cl. The highest BCUT2D eigenvalue weighted by Crippen LogP contribution is 2.29. The van der Waals surface area contributed by atoms with Gasteiger partial charge in [-0.15, -0.1) is 0 Å². The summed E-state index contributed by atoms with van der Waals surface area (Å²) >= 11 is 5.56. The van der Waals surface area contributed by atoms with E-state index in [0.29, 0.717) is 5.69 Å². The van der Waals surface area contributed by atoms with Crippen molar-refractivity contribution in [1.29, 1.82) is 0 Å². The van der Waals surface area contributed by atoms with Crippen LogP contribution in [0, 0.1) is 6.92 Å². The molecule has 2 nitrogen and oxygen atoms in total. The van der Waals surface area contributed by atoms with Crippen LogP contribution in [-0.4, -0.2) is 4.98 Å². The van der Waals surface area contributed by atoms with Crippen LogP contribution in [0.3, 0.4) is 0 Å². The molecule has 0 atom stereocenters. The molecule has 1 rings (SSSR count). The first-order valence-corrected chi connectivity index (χ1v) is 3.61. The maximum absolute atomic E-state index is 12.2. The van der Waals surface area contributed by atoms with E-state index in [1.165, 1.54) is 6.92 Å². The molecule has 0 bridgehead atoms. The minimum Gasteiger partial charge on any atom is -0.384 e. The summed E-state index contributed by atoms with van der Waals surface area (Å²) in [5.41, 5.74) is 5.33. The number of aromatic nitrogens is 1. The summed E-state index contributed by atoms with van der Waals surface area (Å²) in [5, 5.41) is -0.0146. The molecule has 0 aliphatic carbocycles. The Bertz CT molecular complexity index is 302. The number of hydrogen-bond donors (Lipinski definition) is 1. The number of rotatable bonds is 1. The molecule has 1 aromatic rings. The summed E-state index contributed by atoms with van der Waals surface area (Å²) in [5.74, 6) is 0.0622. The zero-order valence-electron chi connectivity index (χ0n) is 6.31. The van der Waals surface area contributed by atoms with Gasteiger partial charge in [0, 0.05) is 5.56 Å². The molecular formula is C7H7ClF2N2. The van der Waals surface area contributed by atoms with Gasteiger partial charge in [0.05, 0.1) is 10.7 Å². The number of halogens is 3. The molecule has 0 aliphatic heterocycles. The van der Waals surface area contributed by atoms with Gasteiger partial charge in [0.25, 0.3) is 6.43 Å². The van der Waals surface area contributed by atoms with Crippen LogP contribution in [0.15, 0.2) is 6.07 Å². The van der Waals surface area contributed by atoms with Crippen molar-refractivity contribution in [2.45, 2.75) is 13.3 Å². The molecule has 2 N–H and O–H groups in total. The monoisotopic (exact) mass is 192 g/mol. The fourth-order valence-corrected chi connectivity index (χ4v) is 1.04. The van der Waals surface area contributed by atoms with Crippen LogP contribution in [-0.2, 0) is 0 Å². The van der Waals surface area contributed by atoms with E-state index in [0.717, 1.165) is 6.07 Å². The fraction of sp³-hybridized carbons (Fsp3) is 0.286. The maximum Gasteiger partial charge on any atom is 0.265 e. The van der Waals surface area contributed by atoms with Crippen molar-refractivity contribution in [3.05, 3.63) is 22.3 Å². The molecule has 0 aliphatic rings. The second-order valence-electron chi connectivity index (χ2n) is 2.34. The van der Waals surface area contributed by atoms with E-state index >= 15 is 0 Å². The highest BCUT2D eigenvalue weighted by Gasteiger charge is 2.14. The molecule has 0 spiro atoms. The van der Waals surface area contributed by atoms with Crippen molar-refractivity contribution in [1.82, 2.24) is 4.98 Å². The van der Waals surface area contributed by atoms with Crippen molar-refractivity contribution >= 4 is 17.4 Å². The number of nitrogens with zero attached hydrogens (tertiary/aromatic N) is 1. The molecule has 12 heavy (non-hydrogen) atoms. The van der Waals surface area contributed by atoms with E-state index in [1.807, 2.05) is 0 Å². The van der Waals surface area contributed by atoms with Gasteiger partial charge < -0.3 is 5.73 Å². The second-order valence-corrected chi connectivity index (χ2v) is 2.71. The molecular weight excluding hydrogens is 186 g/mol. The van der Waals surface area contributed by atoms with Gasteiger partial charge in [-0.2, -0.15) is 0 Å². The number of hydrogen-bond acceptors (Lipinski definition) is 2. The standard InChI is InChI=1S/C7H7ClF2N2/c1-3-6(8)4(7(9)10)2-5(11)12-3/h2,7H,1H3,(H2,11,12). The summed E-state index contributed by atoms with van der Waals surface area (Å²) in [6.07, 6.45) is -2.61. The summed E-state index contributed by atoms with van der Waals surface area (Å²) in [6, 6.07) is 1.08. The minimum absolute atomic E-state index is 0.0146. The van der Waals surface area contributed by atoms with Crippen LogP contribution in [0.2, 0.25) is 5.02 Å². The smallest absolute Gasteiger partial charge is 0.265 e. The Morgan fingerprint density at radius 3 is 2.67 bits per heavy atom. The Morgan fingerprint density at radius 1 is 1.58 bits per heavy atom. The zero-order chi connectivity index (χ0) is 9.30. The van der Waals surface area contributed by atoms with E-state index in [9.17, 15) is 8.78 Å². The Morgan fingerprint density at radius 2 is 2.17 bits per heavy atom. The Balaban J connectivity index is 3.28. The van der Waals surface area contributed by atoms with Gasteiger partial charge in [-0.05, 0) is 13.0 Å². The van der Waals surface area contributed by atoms with Gasteiger partial charge in [0.15, 0.2) is 0 Å². The van der Waals surface area contributed by atoms with Crippen molar-refractivity contribution in [2.75, 3.05) is 5.73 Å². The average Bonchev–Trinajstić information content (AvgIpc) is 1.96. The second kappa shape index (κ2) is 3.23. The fourth-order valence-electron chi connectivity index (χ4n) is 0.865. The number of nitrogens with two attached hydrogens (primary N) is 1. The van der Waals surface area contributed by atoms with Crippen molar-refractivity contribution < 1.29 is 8.78 Å². The van der Waals surface area contributed by atoms with Gasteiger partial charge in [0.1, 0.15) is 5.82 Å². The molecule has 0 saturated carbocycles. The van der Waals surface area contributed by atoms with E-state index in [2.05, 4.69) is 4.98 Å². The lowest BCUT2D eigenvalue weighted by atomic mass is 10.2. The molecule has 0 amide bonds. The van der Waals surface area contributed by atoms with Gasteiger partial charge in [0.2, 0.25) is 0 Å². The van der Waals surface area contributed by atoms with Crippen LogP contribution in [0.1, 0.15) is 17.7 Å². The van der Waals surface area contributed by atoms with Crippen molar-refractivity contribution in [3.8, 4) is 0 Å². The van der Waals surface area contributed by atoms with Gasteiger partial charge in [-0.3, -0.25) is 0 Å². The first kappa shape index (κ1) is 9.19. The summed E-state index contributed by atoms with van der Waals surface area (Å²) in [4.78, 5) is 3.73. The normalized spacial score (nSPS) is 10.8. The molecule has 0 aromatic carbocycles. The highest BCUT2D eigenvalue weighted by atomic mass is 35.5. The van der Waals surface area contributed by atoms with Gasteiger partial charge >= 0.3 is 0 Å². The van der Waals surface area contributed by atoms with Gasteiger partial charge in [-0.1, -0.05) is 11.6 Å². The zero-order valence-corrected chi connectivity index (χ0v) is 7.07. The molecule has 66 valence electrons. The van der Waals surface area contributed by atoms with E-state index in [4.69, 9.17) is 17.3 Å². The lowest BCUT2D eigenvalue weighted by Gasteiger charge is -2.05. The number of nitrogen functional groups attached to an aromatic ring is 1. The topological polar surface area (TPSA) is 38.9 Å². The number of pyridine rings is 1. The summed E-state index contributed by atoms with van der Waals surface area (Å²) in [7, 11) is 0. The quantitative estimate of drug-likeness (QED) is 0.743. The molecule has 0 radical (unpaired) electrons. The van der Waals surface area contributed by atoms with Crippen LogP contribution in [0.4, 0.5) is 14.6 Å². The third kappa shape index (κ3) is 1.64. The highest BCUT2D eigenvalue weighted by molar-refractivity contribution is 6.32. The number of alkyl halides is 2. The first-order valence-electron chi connectivity index (χ1n) is 3.23. The van der Waals surface area contributed by atoms with E-state index in [-0.39, 0.29) is 16.4 Å². The lowest BCUT2D eigenvalue weighted by Crippen LogP contribution is -1.97. The first-order chi connectivity index (χ1) is 5.52. The largest absolute Gasteiger partial charge is 0.384 e. The third-order valence-corrected chi connectivity index (χ3v) is 1.90. The summed E-state index contributed by atoms with van der Waals surface area (Å²) < 4.78 is 24.4. The molecule has 0 fully saturated rings. The van der Waals surface area contributed by atoms with Crippen LogP contribution < -0.4 is 5.73 Å². The van der Waals surface area contributed by atoms with E-state index in [1.54, 1.807) is 0 Å². The molecule has 1 heterocycles. The Kier molecular flexibility index (Phi) is 2.47. The van der Waals surface area contributed by atoms with Crippen molar-refractivity contribution in [3.63, 3.8) is 0 Å². The van der Waals surface area contributed by atoms with Gasteiger partial charge in [-0.25, -0.2) is 13.8 Å². The van der Waals surface area contributed by atoms with Crippen LogP contribution in [0.5, 0.6) is 0 Å². The minimum atomic E-state index is -2.61. The molecule has 5 heteroatoms. The predicted octanol–water partition coefficient (Wildman–Crippen LogP) is 2.56.